The zero-order chi connectivity index (χ0) is 22.3. The lowest BCUT2D eigenvalue weighted by Gasteiger charge is -2.25. The van der Waals surface area contributed by atoms with Crippen LogP contribution in [-0.4, -0.2) is 33.9 Å². The zero-order valence-corrected chi connectivity index (χ0v) is 18.5. The number of aromatic nitrogens is 2. The predicted octanol–water partition coefficient (Wildman–Crippen LogP) is 5.38. The fourth-order valence-corrected chi connectivity index (χ4v) is 3.96. The highest BCUT2D eigenvalue weighted by Crippen LogP contribution is 2.26. The molecule has 0 saturated heterocycles. The van der Waals surface area contributed by atoms with Gasteiger partial charge in [-0.2, -0.15) is 0 Å². The third kappa shape index (κ3) is 4.57. The molecule has 1 amide bonds. The van der Waals surface area contributed by atoms with Crippen molar-refractivity contribution in [1.29, 1.82) is 0 Å². The summed E-state index contributed by atoms with van der Waals surface area (Å²) in [7, 11) is 0. The van der Waals surface area contributed by atoms with Crippen molar-refractivity contribution >= 4 is 12.1 Å². The first kappa shape index (κ1) is 21.4. The normalized spacial score (nSPS) is 16.4. The number of amides is 1. The number of carbonyl (C=O) groups is 1. The Hall–Kier alpha value is -3.86. The number of hydrogen-bond acceptors (Lipinski definition) is 3. The molecule has 2 heterocycles. The summed E-state index contributed by atoms with van der Waals surface area (Å²) in [5, 5.41) is 3.57. The highest BCUT2D eigenvalue weighted by Gasteiger charge is 2.22. The van der Waals surface area contributed by atoms with Gasteiger partial charge in [0.15, 0.2) is 0 Å². The van der Waals surface area contributed by atoms with Crippen LogP contribution in [0, 0.1) is 0 Å². The van der Waals surface area contributed by atoms with Gasteiger partial charge < -0.3 is 15.2 Å². The van der Waals surface area contributed by atoms with Crippen LogP contribution in [0.15, 0.2) is 91.1 Å². The van der Waals surface area contributed by atoms with E-state index in [4.69, 9.17) is 0 Å². The Morgan fingerprint density at radius 2 is 1.81 bits per heavy atom. The van der Waals surface area contributed by atoms with E-state index < -0.39 is 0 Å². The van der Waals surface area contributed by atoms with Gasteiger partial charge in [-0.25, -0.2) is 4.98 Å². The maximum atomic E-state index is 11.4. The molecule has 0 bridgehead atoms. The van der Waals surface area contributed by atoms with Crippen molar-refractivity contribution in [2.45, 2.75) is 26.3 Å². The average molecular weight is 425 g/mol. The zero-order valence-electron chi connectivity index (χ0n) is 18.5. The molecule has 1 unspecified atom stereocenters. The van der Waals surface area contributed by atoms with Crippen molar-refractivity contribution in [3.8, 4) is 22.4 Å². The molecule has 2 aromatic carbocycles. The number of hydrogen-bond donors (Lipinski definition) is 2. The van der Waals surface area contributed by atoms with Gasteiger partial charge in [0.05, 0.1) is 24.3 Å². The number of nitrogens with one attached hydrogen (secondary N) is 2. The summed E-state index contributed by atoms with van der Waals surface area (Å²) in [5.74, 6) is 0. The molecule has 5 heteroatoms. The first-order chi connectivity index (χ1) is 15.7. The molecule has 4 rings (SSSR count). The van der Waals surface area contributed by atoms with Gasteiger partial charge >= 0.3 is 0 Å². The Kier molecular flexibility index (Phi) is 6.66. The van der Waals surface area contributed by atoms with Crippen LogP contribution in [0.25, 0.3) is 28.1 Å². The predicted molar refractivity (Wildman–Crippen MR) is 130 cm³/mol. The third-order valence-electron chi connectivity index (χ3n) is 5.66. The van der Waals surface area contributed by atoms with Gasteiger partial charge in [0.25, 0.3) is 0 Å². The minimum absolute atomic E-state index is 0.0462. The number of carbonyl (C=O) groups excluding carboxylic acids is 1. The molecule has 1 atom stereocenters. The van der Waals surface area contributed by atoms with Gasteiger partial charge in [-0.15, -0.1) is 0 Å². The Labute approximate surface area is 189 Å². The summed E-state index contributed by atoms with van der Waals surface area (Å²) in [6.07, 6.45) is 13.7. The SMILES string of the molecule is C/C=C(\N/C(=C/CC)C1C=CCN1C=O)c1ccc(-c2ccc(-c3cnc[nH]3)cc2)cc1. The first-order valence-electron chi connectivity index (χ1n) is 10.9. The van der Waals surface area contributed by atoms with E-state index in [-0.39, 0.29) is 6.04 Å². The van der Waals surface area contributed by atoms with E-state index in [2.05, 4.69) is 89.0 Å². The molecule has 1 aromatic heterocycles. The second-order valence-corrected chi connectivity index (χ2v) is 7.69. The van der Waals surface area contributed by atoms with Crippen molar-refractivity contribution in [3.63, 3.8) is 0 Å². The van der Waals surface area contributed by atoms with Crippen LogP contribution in [0.1, 0.15) is 25.8 Å². The van der Waals surface area contributed by atoms with E-state index in [0.29, 0.717) is 6.54 Å². The van der Waals surface area contributed by atoms with E-state index in [1.165, 1.54) is 5.56 Å². The maximum absolute atomic E-state index is 11.4. The van der Waals surface area contributed by atoms with Crippen LogP contribution >= 0.6 is 0 Å². The molecule has 32 heavy (non-hydrogen) atoms. The van der Waals surface area contributed by atoms with Crippen molar-refractivity contribution < 1.29 is 4.79 Å². The topological polar surface area (TPSA) is 61.0 Å². The highest BCUT2D eigenvalue weighted by molar-refractivity contribution is 5.72. The molecular formula is C27H28N4O. The molecule has 3 aromatic rings. The number of benzene rings is 2. The van der Waals surface area contributed by atoms with Crippen LogP contribution in [0.3, 0.4) is 0 Å². The molecule has 0 saturated carbocycles. The molecule has 0 radical (unpaired) electrons. The summed E-state index contributed by atoms with van der Waals surface area (Å²) in [4.78, 5) is 20.4. The smallest absolute Gasteiger partial charge is 0.210 e. The fraction of sp³-hybridized carbons (Fsp3) is 0.185. The summed E-state index contributed by atoms with van der Waals surface area (Å²) < 4.78 is 0. The van der Waals surface area contributed by atoms with E-state index in [1.54, 1.807) is 11.2 Å². The van der Waals surface area contributed by atoms with Crippen LogP contribution in [-0.2, 0) is 4.79 Å². The fourth-order valence-electron chi connectivity index (χ4n) is 3.96. The lowest BCUT2D eigenvalue weighted by atomic mass is 10.0. The summed E-state index contributed by atoms with van der Waals surface area (Å²) in [6, 6.07) is 17.0. The van der Waals surface area contributed by atoms with Gasteiger partial charge in [-0.1, -0.05) is 79.8 Å². The molecular weight excluding hydrogens is 396 g/mol. The van der Waals surface area contributed by atoms with Crippen LogP contribution < -0.4 is 5.32 Å². The summed E-state index contributed by atoms with van der Waals surface area (Å²) in [6.45, 7) is 4.78. The summed E-state index contributed by atoms with van der Waals surface area (Å²) in [5.41, 5.74) is 7.61. The lowest BCUT2D eigenvalue weighted by Crippen LogP contribution is -2.35. The van der Waals surface area contributed by atoms with Crippen molar-refractivity contribution in [2.75, 3.05) is 6.54 Å². The monoisotopic (exact) mass is 424 g/mol. The van der Waals surface area contributed by atoms with E-state index in [1.807, 2.05) is 19.2 Å². The number of aromatic amines is 1. The molecule has 0 aliphatic carbocycles. The summed E-state index contributed by atoms with van der Waals surface area (Å²) >= 11 is 0. The number of H-pyrrole nitrogens is 1. The van der Waals surface area contributed by atoms with Gasteiger partial charge in [-0.3, -0.25) is 4.79 Å². The Morgan fingerprint density at radius 1 is 1.12 bits per heavy atom. The molecule has 1 aliphatic rings. The third-order valence-corrected chi connectivity index (χ3v) is 5.66. The Balaban J connectivity index is 1.51. The average Bonchev–Trinajstić information content (AvgIpc) is 3.54. The van der Waals surface area contributed by atoms with Crippen LogP contribution in [0.2, 0.25) is 0 Å². The molecule has 162 valence electrons. The second kappa shape index (κ2) is 9.96. The van der Waals surface area contributed by atoms with Crippen molar-refractivity contribution in [3.05, 3.63) is 96.6 Å². The lowest BCUT2D eigenvalue weighted by molar-refractivity contribution is -0.118. The quantitative estimate of drug-likeness (QED) is 0.377. The number of nitrogens with zero attached hydrogens (tertiary/aromatic N) is 2. The number of rotatable bonds is 8. The minimum Gasteiger partial charge on any atom is -0.357 e. The van der Waals surface area contributed by atoms with E-state index in [9.17, 15) is 4.79 Å². The minimum atomic E-state index is -0.0462. The van der Waals surface area contributed by atoms with Crippen molar-refractivity contribution in [1.82, 2.24) is 20.2 Å². The molecule has 2 N–H and O–H groups in total. The van der Waals surface area contributed by atoms with Gasteiger partial charge in [0.1, 0.15) is 0 Å². The standard InChI is InChI=1S/C27H28N4O/c1-3-6-25(27-7-5-16-31(27)19-32)30-24(4-2)22-12-8-20(9-13-22)21-10-14-23(15-11-21)26-17-28-18-29-26/h4-15,17-19,27,30H,3,16H2,1-2H3,(H,28,29)/b24-4-,25-6+. The van der Waals surface area contributed by atoms with Crippen LogP contribution in [0.4, 0.5) is 0 Å². The first-order valence-corrected chi connectivity index (χ1v) is 10.9. The van der Waals surface area contributed by atoms with Gasteiger partial charge in [-0.05, 0) is 35.6 Å². The molecule has 0 spiro atoms. The molecule has 0 fully saturated rings. The van der Waals surface area contributed by atoms with Crippen molar-refractivity contribution in [2.24, 2.45) is 0 Å². The largest absolute Gasteiger partial charge is 0.357 e. The van der Waals surface area contributed by atoms with E-state index >= 15 is 0 Å². The van der Waals surface area contributed by atoms with E-state index in [0.717, 1.165) is 46.6 Å². The number of imidazole rings is 1. The Bertz CT molecular complexity index is 1120. The molecule has 1 aliphatic heterocycles. The molecule has 5 nitrogen and oxygen atoms in total. The van der Waals surface area contributed by atoms with Gasteiger partial charge in [0, 0.05) is 17.9 Å². The van der Waals surface area contributed by atoms with Crippen LogP contribution in [0.5, 0.6) is 0 Å². The Morgan fingerprint density at radius 3 is 2.41 bits per heavy atom. The maximum Gasteiger partial charge on any atom is 0.210 e. The second-order valence-electron chi connectivity index (χ2n) is 7.69. The highest BCUT2D eigenvalue weighted by atomic mass is 16.1. The van der Waals surface area contributed by atoms with Gasteiger partial charge in [0.2, 0.25) is 6.41 Å². The number of allylic oxidation sites excluding steroid dienone is 2.